The quantitative estimate of drug-likeness (QED) is 0.752. The van der Waals surface area contributed by atoms with Gasteiger partial charge in [0.25, 0.3) is 0 Å². The number of hydrogen-bond donors (Lipinski definition) is 1. The van der Waals surface area contributed by atoms with Crippen LogP contribution in [-0.4, -0.2) is 38.7 Å². The Hall–Kier alpha value is -1.78. The summed E-state index contributed by atoms with van der Waals surface area (Å²) in [5.74, 6) is 0.931. The highest BCUT2D eigenvalue weighted by molar-refractivity contribution is 5.69. The lowest BCUT2D eigenvalue weighted by molar-refractivity contribution is 0.150. The first kappa shape index (κ1) is 9.76. The number of hydrogen-bond acceptors (Lipinski definition) is 2. The molecule has 0 aliphatic carbocycles. The fraction of sp³-hybridized carbons (Fsp3) is 0.400. The predicted molar refractivity (Wildman–Crippen MR) is 55.4 cm³/mol. The molecule has 1 aliphatic rings. The third-order valence-electron chi connectivity index (χ3n) is 2.59. The lowest BCUT2D eigenvalue weighted by Gasteiger charge is -2.23. The number of rotatable bonds is 1. The van der Waals surface area contributed by atoms with E-state index in [-0.39, 0.29) is 0 Å². The summed E-state index contributed by atoms with van der Waals surface area (Å²) in [6.45, 7) is 1.01. The molecule has 0 saturated heterocycles. The number of nitrogens with zero attached hydrogens (tertiary/aromatic N) is 3. The van der Waals surface area contributed by atoms with Crippen molar-refractivity contribution in [3.8, 4) is 0 Å². The minimum atomic E-state index is -0.856. The van der Waals surface area contributed by atoms with Gasteiger partial charge >= 0.3 is 6.09 Å². The van der Waals surface area contributed by atoms with Crippen LogP contribution in [0.3, 0.4) is 0 Å². The van der Waals surface area contributed by atoms with Crippen molar-refractivity contribution in [3.05, 3.63) is 24.3 Å². The van der Waals surface area contributed by atoms with Crippen LogP contribution in [0.2, 0.25) is 0 Å². The van der Waals surface area contributed by atoms with Gasteiger partial charge in [0.2, 0.25) is 0 Å². The maximum absolute atomic E-state index is 10.7. The number of aromatic nitrogens is 2. The van der Waals surface area contributed by atoms with Crippen LogP contribution < -0.4 is 0 Å². The average molecular weight is 207 g/mol. The molecule has 0 atom stereocenters. The second-order valence-corrected chi connectivity index (χ2v) is 3.57. The van der Waals surface area contributed by atoms with Gasteiger partial charge in [-0.1, -0.05) is 6.08 Å². The van der Waals surface area contributed by atoms with Crippen LogP contribution in [0.15, 0.2) is 18.5 Å². The Labute approximate surface area is 87.6 Å². The van der Waals surface area contributed by atoms with E-state index in [9.17, 15) is 4.79 Å². The van der Waals surface area contributed by atoms with E-state index < -0.39 is 6.09 Å². The molecule has 0 bridgehead atoms. The van der Waals surface area contributed by atoms with Gasteiger partial charge in [-0.3, -0.25) is 0 Å². The van der Waals surface area contributed by atoms with Crippen molar-refractivity contribution >= 4 is 11.7 Å². The van der Waals surface area contributed by atoms with E-state index in [0.29, 0.717) is 13.1 Å². The number of imidazole rings is 1. The van der Waals surface area contributed by atoms with Crippen LogP contribution in [0.25, 0.3) is 5.57 Å². The van der Waals surface area contributed by atoms with Gasteiger partial charge in [0.05, 0.1) is 0 Å². The normalized spacial score (nSPS) is 16.3. The fourth-order valence-corrected chi connectivity index (χ4v) is 1.72. The van der Waals surface area contributed by atoms with E-state index in [1.807, 2.05) is 23.9 Å². The Bertz CT molecular complexity index is 409. The number of aryl methyl sites for hydroxylation is 1. The van der Waals surface area contributed by atoms with Crippen LogP contribution in [0.5, 0.6) is 0 Å². The maximum atomic E-state index is 10.7. The van der Waals surface area contributed by atoms with Gasteiger partial charge in [0.1, 0.15) is 5.82 Å². The summed E-state index contributed by atoms with van der Waals surface area (Å²) in [6.07, 6.45) is 5.45. The molecule has 5 nitrogen and oxygen atoms in total. The topological polar surface area (TPSA) is 58.4 Å². The predicted octanol–water partition coefficient (Wildman–Crippen LogP) is 1.19. The Balaban J connectivity index is 2.15. The molecule has 0 aromatic carbocycles. The molecule has 1 amide bonds. The van der Waals surface area contributed by atoms with Gasteiger partial charge < -0.3 is 14.6 Å². The molecule has 5 heteroatoms. The standard InChI is InChI=1S/C10H13N3O2/c1-12-7-4-11-9(12)8-2-5-13(6-3-8)10(14)15/h2,4,7H,3,5-6H2,1H3,(H,14,15). The lowest BCUT2D eigenvalue weighted by atomic mass is 10.1. The minimum absolute atomic E-state index is 0.456. The minimum Gasteiger partial charge on any atom is -0.465 e. The number of amides is 1. The van der Waals surface area contributed by atoms with Crippen LogP contribution in [-0.2, 0) is 7.05 Å². The monoisotopic (exact) mass is 207 g/mol. The Morgan fingerprint density at radius 3 is 2.87 bits per heavy atom. The molecule has 15 heavy (non-hydrogen) atoms. The van der Waals surface area contributed by atoms with Gasteiger partial charge in [-0.25, -0.2) is 9.78 Å². The lowest BCUT2D eigenvalue weighted by Crippen LogP contribution is -2.33. The molecule has 1 aliphatic heterocycles. The highest BCUT2D eigenvalue weighted by Gasteiger charge is 2.18. The zero-order chi connectivity index (χ0) is 10.8. The summed E-state index contributed by atoms with van der Waals surface area (Å²) in [6, 6.07) is 0. The molecule has 2 rings (SSSR count). The van der Waals surface area contributed by atoms with Crippen LogP contribution in [0, 0.1) is 0 Å². The molecule has 0 spiro atoms. The van der Waals surface area contributed by atoms with Crippen molar-refractivity contribution in [2.24, 2.45) is 7.05 Å². The van der Waals surface area contributed by atoms with Crippen molar-refractivity contribution in [1.82, 2.24) is 14.5 Å². The number of carbonyl (C=O) groups is 1. The zero-order valence-electron chi connectivity index (χ0n) is 8.55. The zero-order valence-corrected chi connectivity index (χ0v) is 8.55. The summed E-state index contributed by atoms with van der Waals surface area (Å²) >= 11 is 0. The second-order valence-electron chi connectivity index (χ2n) is 3.57. The van der Waals surface area contributed by atoms with Gasteiger partial charge in [-0.15, -0.1) is 0 Å². The Kier molecular flexibility index (Phi) is 2.45. The molecule has 1 aromatic rings. The molecular weight excluding hydrogens is 194 g/mol. The Morgan fingerprint density at radius 2 is 2.40 bits per heavy atom. The molecule has 1 N–H and O–H groups in total. The van der Waals surface area contributed by atoms with Crippen molar-refractivity contribution in [3.63, 3.8) is 0 Å². The number of carboxylic acid groups (broad SMARTS) is 1. The van der Waals surface area contributed by atoms with E-state index >= 15 is 0 Å². The first-order valence-corrected chi connectivity index (χ1v) is 4.83. The van der Waals surface area contributed by atoms with E-state index in [0.717, 1.165) is 17.8 Å². The summed E-state index contributed by atoms with van der Waals surface area (Å²) in [7, 11) is 1.94. The first-order chi connectivity index (χ1) is 7.18. The average Bonchev–Trinajstić information content (AvgIpc) is 2.65. The second kappa shape index (κ2) is 3.76. The highest BCUT2D eigenvalue weighted by Crippen LogP contribution is 2.20. The van der Waals surface area contributed by atoms with E-state index in [2.05, 4.69) is 4.98 Å². The van der Waals surface area contributed by atoms with Crippen molar-refractivity contribution in [2.45, 2.75) is 6.42 Å². The molecule has 80 valence electrons. The summed E-state index contributed by atoms with van der Waals surface area (Å²) in [5, 5.41) is 8.79. The fourth-order valence-electron chi connectivity index (χ4n) is 1.72. The third-order valence-corrected chi connectivity index (χ3v) is 2.59. The summed E-state index contributed by atoms with van der Waals surface area (Å²) < 4.78 is 1.95. The largest absolute Gasteiger partial charge is 0.465 e. The van der Waals surface area contributed by atoms with Crippen LogP contribution in [0.1, 0.15) is 12.2 Å². The van der Waals surface area contributed by atoms with Crippen molar-refractivity contribution < 1.29 is 9.90 Å². The van der Waals surface area contributed by atoms with Crippen LogP contribution >= 0.6 is 0 Å². The van der Waals surface area contributed by atoms with Gasteiger partial charge in [-0.05, 0) is 12.0 Å². The van der Waals surface area contributed by atoms with Crippen molar-refractivity contribution in [2.75, 3.05) is 13.1 Å². The molecule has 1 aromatic heterocycles. The molecular formula is C10H13N3O2. The Morgan fingerprint density at radius 1 is 1.60 bits per heavy atom. The molecule has 0 radical (unpaired) electrons. The smallest absolute Gasteiger partial charge is 0.407 e. The maximum Gasteiger partial charge on any atom is 0.407 e. The first-order valence-electron chi connectivity index (χ1n) is 4.83. The van der Waals surface area contributed by atoms with E-state index in [1.165, 1.54) is 4.90 Å². The van der Waals surface area contributed by atoms with Crippen LogP contribution in [0.4, 0.5) is 4.79 Å². The van der Waals surface area contributed by atoms with Crippen molar-refractivity contribution in [1.29, 1.82) is 0 Å². The van der Waals surface area contributed by atoms with E-state index in [4.69, 9.17) is 5.11 Å². The molecule has 0 unspecified atom stereocenters. The van der Waals surface area contributed by atoms with Gasteiger partial charge in [-0.2, -0.15) is 0 Å². The third kappa shape index (κ3) is 1.86. The van der Waals surface area contributed by atoms with Gasteiger partial charge in [0.15, 0.2) is 0 Å². The van der Waals surface area contributed by atoms with Gasteiger partial charge in [0, 0.05) is 32.5 Å². The SMILES string of the molecule is Cn1ccnc1C1=CCN(C(=O)O)CC1. The molecule has 2 heterocycles. The highest BCUT2D eigenvalue weighted by atomic mass is 16.4. The summed E-state index contributed by atoms with van der Waals surface area (Å²) in [4.78, 5) is 16.3. The molecule has 0 fully saturated rings. The molecule has 0 saturated carbocycles. The van der Waals surface area contributed by atoms with E-state index in [1.54, 1.807) is 6.20 Å². The summed E-state index contributed by atoms with van der Waals surface area (Å²) in [5.41, 5.74) is 1.13.